The van der Waals surface area contributed by atoms with Gasteiger partial charge in [0.05, 0.1) is 29.2 Å². The zero-order valence-electron chi connectivity index (χ0n) is 11.9. The summed E-state index contributed by atoms with van der Waals surface area (Å²) in [6, 6.07) is 1.57. The van der Waals surface area contributed by atoms with Gasteiger partial charge in [0.25, 0.3) is 11.6 Å². The van der Waals surface area contributed by atoms with E-state index in [0.717, 1.165) is 6.07 Å². The lowest BCUT2D eigenvalue weighted by atomic mass is 10.1. The Morgan fingerprint density at radius 3 is 2.70 bits per heavy atom. The summed E-state index contributed by atoms with van der Waals surface area (Å²) in [5.74, 6) is -2.86. The number of morpholine rings is 1. The molecule has 0 aromatic heterocycles. The van der Waals surface area contributed by atoms with Crippen LogP contribution in [-0.2, 0) is 9.53 Å². The van der Waals surface area contributed by atoms with Crippen LogP contribution in [0.3, 0.4) is 0 Å². The Kier molecular flexibility index (Phi) is 4.95. The standard InChI is InChI=1S/C13H12BrFN2O6/c1-6-4-16(5-10(23-6)13(19)20)12(18)8-2-7(15)3-9(11(8)14)17(21)22/h2-3,6,10H,4-5H2,1H3,(H,19,20)/t6-,10?/m1/s1. The van der Waals surface area contributed by atoms with Gasteiger partial charge in [-0.2, -0.15) is 0 Å². The topological polar surface area (TPSA) is 110 Å². The molecule has 0 bridgehead atoms. The molecule has 1 amide bonds. The van der Waals surface area contributed by atoms with E-state index in [-0.39, 0.29) is 23.1 Å². The van der Waals surface area contributed by atoms with Crippen molar-refractivity contribution in [3.63, 3.8) is 0 Å². The number of rotatable bonds is 3. The molecule has 0 radical (unpaired) electrons. The van der Waals surface area contributed by atoms with Crippen LogP contribution in [0.5, 0.6) is 0 Å². The third-order valence-corrected chi connectivity index (χ3v) is 4.10. The lowest BCUT2D eigenvalue weighted by Gasteiger charge is -2.35. The van der Waals surface area contributed by atoms with Crippen molar-refractivity contribution in [1.29, 1.82) is 0 Å². The van der Waals surface area contributed by atoms with Gasteiger partial charge in [-0.25, -0.2) is 9.18 Å². The van der Waals surface area contributed by atoms with Crippen molar-refractivity contribution in [3.8, 4) is 0 Å². The average molecular weight is 391 g/mol. The number of carbonyl (C=O) groups is 2. The van der Waals surface area contributed by atoms with Crippen molar-refractivity contribution >= 4 is 33.5 Å². The van der Waals surface area contributed by atoms with E-state index < -0.39 is 40.5 Å². The molecule has 0 spiro atoms. The normalized spacial score (nSPS) is 21.1. The van der Waals surface area contributed by atoms with Gasteiger partial charge in [0.1, 0.15) is 10.3 Å². The molecule has 2 rings (SSSR count). The SMILES string of the molecule is C[C@@H]1CN(C(=O)c2cc(F)cc([N+](=O)[O-])c2Br)CC(C(=O)O)O1. The molecule has 2 atom stereocenters. The number of hydrogen-bond donors (Lipinski definition) is 1. The van der Waals surface area contributed by atoms with Crippen molar-refractivity contribution in [2.45, 2.75) is 19.1 Å². The number of carboxylic acid groups (broad SMARTS) is 1. The molecule has 1 unspecified atom stereocenters. The Hall–Kier alpha value is -2.07. The quantitative estimate of drug-likeness (QED) is 0.622. The summed E-state index contributed by atoms with van der Waals surface area (Å²) in [6.07, 6.45) is -1.74. The van der Waals surface area contributed by atoms with Gasteiger partial charge >= 0.3 is 5.97 Å². The van der Waals surface area contributed by atoms with Crippen LogP contribution in [0.2, 0.25) is 0 Å². The number of carbonyl (C=O) groups excluding carboxylic acids is 1. The molecule has 23 heavy (non-hydrogen) atoms. The lowest BCUT2D eigenvalue weighted by molar-refractivity contribution is -0.385. The summed E-state index contributed by atoms with van der Waals surface area (Å²) in [5.41, 5.74) is -0.820. The first-order valence-electron chi connectivity index (χ1n) is 6.51. The van der Waals surface area contributed by atoms with Crippen LogP contribution in [0.4, 0.5) is 10.1 Å². The second-order valence-corrected chi connectivity index (χ2v) is 5.82. The fourth-order valence-electron chi connectivity index (χ4n) is 2.29. The molecule has 0 aliphatic carbocycles. The summed E-state index contributed by atoms with van der Waals surface area (Å²) in [7, 11) is 0. The molecule has 1 aromatic carbocycles. The van der Waals surface area contributed by atoms with Crippen LogP contribution in [0.15, 0.2) is 16.6 Å². The van der Waals surface area contributed by atoms with E-state index in [4.69, 9.17) is 9.84 Å². The minimum atomic E-state index is -1.22. The van der Waals surface area contributed by atoms with Crippen LogP contribution >= 0.6 is 15.9 Å². The molecule has 8 nitrogen and oxygen atoms in total. The predicted octanol–water partition coefficient (Wildman–Crippen LogP) is 1.81. The number of nitro groups is 1. The maximum Gasteiger partial charge on any atom is 0.334 e. The Bertz CT molecular complexity index is 683. The second kappa shape index (κ2) is 6.59. The fourth-order valence-corrected chi connectivity index (χ4v) is 2.83. The number of nitro benzene ring substituents is 1. The van der Waals surface area contributed by atoms with E-state index in [1.54, 1.807) is 6.92 Å². The first kappa shape index (κ1) is 17.3. The summed E-state index contributed by atoms with van der Waals surface area (Å²) >= 11 is 2.94. The number of amides is 1. The molecular formula is C13H12BrFN2O6. The largest absolute Gasteiger partial charge is 0.479 e. The van der Waals surface area contributed by atoms with Crippen molar-refractivity contribution < 1.29 is 28.7 Å². The van der Waals surface area contributed by atoms with E-state index in [1.165, 1.54) is 4.90 Å². The number of hydrogen-bond acceptors (Lipinski definition) is 5. The predicted molar refractivity (Wildman–Crippen MR) is 78.6 cm³/mol. The number of benzene rings is 1. The highest BCUT2D eigenvalue weighted by Gasteiger charge is 2.34. The molecule has 1 heterocycles. The molecule has 1 N–H and O–H groups in total. The Morgan fingerprint density at radius 1 is 1.48 bits per heavy atom. The minimum absolute atomic E-state index is 0.0966. The van der Waals surface area contributed by atoms with E-state index in [2.05, 4.69) is 15.9 Å². The molecular weight excluding hydrogens is 379 g/mol. The number of halogens is 2. The highest BCUT2D eigenvalue weighted by Crippen LogP contribution is 2.31. The van der Waals surface area contributed by atoms with Crippen LogP contribution in [0.25, 0.3) is 0 Å². The molecule has 1 saturated heterocycles. The van der Waals surface area contributed by atoms with Gasteiger partial charge in [0.2, 0.25) is 0 Å². The summed E-state index contributed by atoms with van der Waals surface area (Å²) in [4.78, 5) is 34.8. The van der Waals surface area contributed by atoms with E-state index in [1.807, 2.05) is 0 Å². The zero-order chi connectivity index (χ0) is 17.3. The van der Waals surface area contributed by atoms with Crippen molar-refractivity contribution in [1.82, 2.24) is 4.90 Å². The fraction of sp³-hybridized carbons (Fsp3) is 0.385. The Labute approximate surface area is 138 Å². The number of nitrogens with zero attached hydrogens (tertiary/aromatic N) is 2. The monoisotopic (exact) mass is 390 g/mol. The van der Waals surface area contributed by atoms with Crippen molar-refractivity contribution in [3.05, 3.63) is 38.1 Å². The van der Waals surface area contributed by atoms with E-state index in [0.29, 0.717) is 6.07 Å². The Balaban J connectivity index is 2.36. The summed E-state index contributed by atoms with van der Waals surface area (Å²) in [6.45, 7) is 1.47. The van der Waals surface area contributed by atoms with Gasteiger partial charge in [-0.05, 0) is 28.9 Å². The maximum absolute atomic E-state index is 13.6. The summed E-state index contributed by atoms with van der Waals surface area (Å²) < 4.78 is 18.6. The van der Waals surface area contributed by atoms with Gasteiger partial charge in [0, 0.05) is 6.54 Å². The smallest absolute Gasteiger partial charge is 0.334 e. The first-order chi connectivity index (χ1) is 10.7. The van der Waals surface area contributed by atoms with Crippen LogP contribution in [0.1, 0.15) is 17.3 Å². The van der Waals surface area contributed by atoms with Crippen molar-refractivity contribution in [2.24, 2.45) is 0 Å². The zero-order valence-corrected chi connectivity index (χ0v) is 13.4. The highest BCUT2D eigenvalue weighted by molar-refractivity contribution is 9.10. The molecule has 1 aromatic rings. The van der Waals surface area contributed by atoms with Crippen LogP contribution in [-0.4, -0.2) is 52.1 Å². The van der Waals surface area contributed by atoms with Crippen LogP contribution in [0, 0.1) is 15.9 Å². The molecule has 1 fully saturated rings. The maximum atomic E-state index is 13.6. The summed E-state index contributed by atoms with van der Waals surface area (Å²) in [5, 5.41) is 19.9. The molecule has 10 heteroatoms. The first-order valence-corrected chi connectivity index (χ1v) is 7.31. The van der Waals surface area contributed by atoms with Gasteiger partial charge in [0.15, 0.2) is 6.10 Å². The molecule has 1 aliphatic rings. The average Bonchev–Trinajstić information content (AvgIpc) is 2.47. The van der Waals surface area contributed by atoms with Gasteiger partial charge < -0.3 is 14.7 Å². The second-order valence-electron chi connectivity index (χ2n) is 5.03. The highest BCUT2D eigenvalue weighted by atomic mass is 79.9. The third kappa shape index (κ3) is 3.64. The van der Waals surface area contributed by atoms with Gasteiger partial charge in [-0.1, -0.05) is 0 Å². The van der Waals surface area contributed by atoms with Gasteiger partial charge in [-0.3, -0.25) is 14.9 Å². The third-order valence-electron chi connectivity index (χ3n) is 3.27. The Morgan fingerprint density at radius 2 is 2.13 bits per heavy atom. The van der Waals surface area contributed by atoms with Gasteiger partial charge in [-0.15, -0.1) is 0 Å². The molecule has 1 aliphatic heterocycles. The van der Waals surface area contributed by atoms with E-state index >= 15 is 0 Å². The lowest BCUT2D eigenvalue weighted by Crippen LogP contribution is -2.51. The molecule has 0 saturated carbocycles. The number of ether oxygens (including phenoxy) is 1. The molecule has 124 valence electrons. The number of aliphatic carboxylic acids is 1. The number of carboxylic acids is 1. The van der Waals surface area contributed by atoms with Crippen LogP contribution < -0.4 is 0 Å². The van der Waals surface area contributed by atoms with E-state index in [9.17, 15) is 24.1 Å². The minimum Gasteiger partial charge on any atom is -0.479 e. The van der Waals surface area contributed by atoms with Crippen molar-refractivity contribution in [2.75, 3.05) is 13.1 Å².